The zero-order valence-corrected chi connectivity index (χ0v) is 30.8. The van der Waals surface area contributed by atoms with E-state index < -0.39 is 36.4 Å². The number of ether oxygens (including phenoxy) is 1. The van der Waals surface area contributed by atoms with Crippen molar-refractivity contribution in [3.8, 4) is 6.07 Å². The summed E-state index contributed by atoms with van der Waals surface area (Å²) in [6.45, 7) is 18.0. The number of nitriles is 1. The van der Waals surface area contributed by atoms with Gasteiger partial charge in [-0.3, -0.25) is 9.69 Å². The minimum absolute atomic E-state index is 0.0343. The number of likely N-dealkylation sites (tertiary alicyclic amines) is 2. The van der Waals surface area contributed by atoms with Crippen LogP contribution in [0.25, 0.3) is 11.0 Å². The van der Waals surface area contributed by atoms with Crippen molar-refractivity contribution in [1.29, 1.82) is 5.26 Å². The molecule has 8 rings (SSSR count). The van der Waals surface area contributed by atoms with Gasteiger partial charge < -0.3 is 28.7 Å². The average molecular weight is 685 g/mol. The van der Waals surface area contributed by atoms with E-state index in [1.807, 2.05) is 30.3 Å². The largest absolute Gasteiger partial charge is 0.482 e. The molecule has 1 N–H and O–H groups in total. The summed E-state index contributed by atoms with van der Waals surface area (Å²) >= 11 is 0. The van der Waals surface area contributed by atoms with Crippen LogP contribution in [0.5, 0.6) is 0 Å². The number of nitrogens with zero attached hydrogens (tertiary/aromatic N) is 3. The van der Waals surface area contributed by atoms with Gasteiger partial charge in [0.2, 0.25) is 0 Å². The standard InChI is InChI=1S/C39H53BN4O6/c1-36(2)14-16-44(24-36)37(3,4)20-26(21-41)34(45)43-15-10-11-28(22-43)48-35(46)42-33(17-25-23-47-30-13-9-8-12-29(25)30)40-49-32-19-27-18-31(38(27,5)6)39(32,7)50-40/h8-9,12-13,20,23,27-28,31-33H,10-11,14-19,22,24H2,1-7H3,(H,42,46)/t27-,28-,31-,32+,33-,39-/m0/s1. The number of carbonyl (C=O) groups is 2. The SMILES string of the molecule is CC1(C)CCN(C(C)(C)C=C(C#N)C(=O)N2CCC[C@H](OC(=O)N[C@@H](Cc3coc4ccccc34)B3O[C@@H]4C[C@@H]5C[C@@H](C5(C)C)[C@]4(C)O3)C2)C1. The lowest BCUT2D eigenvalue weighted by Crippen LogP contribution is -2.65. The van der Waals surface area contributed by atoms with Crippen LogP contribution in [0, 0.1) is 34.0 Å². The van der Waals surface area contributed by atoms with Crippen LogP contribution in [-0.4, -0.2) is 84.4 Å². The maximum atomic E-state index is 13.7. The van der Waals surface area contributed by atoms with E-state index in [4.69, 9.17) is 18.5 Å². The molecule has 6 aliphatic rings. The highest BCUT2D eigenvalue weighted by Crippen LogP contribution is 2.65. The van der Waals surface area contributed by atoms with Gasteiger partial charge in [-0.15, -0.1) is 0 Å². The summed E-state index contributed by atoms with van der Waals surface area (Å²) in [4.78, 5) is 31.3. The summed E-state index contributed by atoms with van der Waals surface area (Å²) in [7, 11) is -0.654. The molecule has 2 bridgehead atoms. The first-order chi connectivity index (χ1) is 23.6. The van der Waals surface area contributed by atoms with Gasteiger partial charge in [0.15, 0.2) is 0 Å². The number of hydrogen-bond acceptors (Lipinski definition) is 8. The Morgan fingerprint density at radius 3 is 2.68 bits per heavy atom. The Balaban J connectivity index is 1.03. The molecule has 0 unspecified atom stereocenters. The summed E-state index contributed by atoms with van der Waals surface area (Å²) in [6, 6.07) is 10.0. The zero-order chi connectivity index (χ0) is 35.6. The molecular formula is C39H53BN4O6. The highest BCUT2D eigenvalue weighted by molar-refractivity contribution is 6.48. The van der Waals surface area contributed by atoms with Crippen LogP contribution >= 0.6 is 0 Å². The van der Waals surface area contributed by atoms with E-state index in [9.17, 15) is 14.9 Å². The Bertz CT molecular complexity index is 1710. The van der Waals surface area contributed by atoms with Gasteiger partial charge >= 0.3 is 13.2 Å². The number of nitrogens with one attached hydrogen (secondary N) is 1. The van der Waals surface area contributed by atoms with E-state index in [2.05, 4.69) is 64.8 Å². The summed E-state index contributed by atoms with van der Waals surface area (Å²) in [5, 5.41) is 14.1. The molecule has 3 aliphatic heterocycles. The van der Waals surface area contributed by atoms with Crippen LogP contribution in [-0.2, 0) is 25.3 Å². The predicted molar refractivity (Wildman–Crippen MR) is 191 cm³/mol. The first kappa shape index (κ1) is 35.1. The molecule has 4 heterocycles. The Labute approximate surface area is 297 Å². The van der Waals surface area contributed by atoms with Gasteiger partial charge in [-0.25, -0.2) is 4.79 Å². The number of carbonyl (C=O) groups excluding carboxylic acids is 2. The number of hydrogen-bond donors (Lipinski definition) is 1. The topological polar surface area (TPSA) is 117 Å². The van der Waals surface area contributed by atoms with Crippen molar-refractivity contribution in [2.45, 2.75) is 116 Å². The molecule has 2 aromatic rings. The highest BCUT2D eigenvalue weighted by atomic mass is 16.7. The predicted octanol–water partition coefficient (Wildman–Crippen LogP) is 6.29. The molecule has 3 saturated carbocycles. The monoisotopic (exact) mass is 684 g/mol. The van der Waals surface area contributed by atoms with Crippen molar-refractivity contribution in [3.63, 3.8) is 0 Å². The Kier molecular flexibility index (Phi) is 8.92. The molecule has 268 valence electrons. The van der Waals surface area contributed by atoms with Gasteiger partial charge in [0.05, 0.1) is 30.5 Å². The van der Waals surface area contributed by atoms with Crippen molar-refractivity contribution < 1.29 is 28.1 Å². The third kappa shape index (κ3) is 6.37. The highest BCUT2D eigenvalue weighted by Gasteiger charge is 2.68. The molecule has 1 aromatic carbocycles. The maximum Gasteiger partial charge on any atom is 0.482 e. The molecule has 6 atom stereocenters. The lowest BCUT2D eigenvalue weighted by Gasteiger charge is -2.64. The second kappa shape index (κ2) is 12.7. The fraction of sp³-hybridized carbons (Fsp3) is 0.667. The average Bonchev–Trinajstić information content (AvgIpc) is 3.77. The molecule has 10 nitrogen and oxygen atoms in total. The molecule has 0 spiro atoms. The second-order valence-corrected chi connectivity index (χ2v) is 17.6. The smallest absolute Gasteiger partial charge is 0.464 e. The van der Waals surface area contributed by atoms with Gasteiger partial charge in [0.1, 0.15) is 23.3 Å². The van der Waals surface area contributed by atoms with Crippen molar-refractivity contribution in [1.82, 2.24) is 15.1 Å². The number of benzene rings is 1. The van der Waals surface area contributed by atoms with Crippen LogP contribution in [0.4, 0.5) is 4.79 Å². The summed E-state index contributed by atoms with van der Waals surface area (Å²) < 4.78 is 25.3. The Morgan fingerprint density at radius 1 is 1.18 bits per heavy atom. The van der Waals surface area contributed by atoms with Crippen LogP contribution < -0.4 is 5.32 Å². The minimum atomic E-state index is -0.654. The lowest BCUT2D eigenvalue weighted by atomic mass is 9.43. The van der Waals surface area contributed by atoms with Crippen LogP contribution in [0.3, 0.4) is 0 Å². The van der Waals surface area contributed by atoms with Crippen LogP contribution in [0.1, 0.15) is 86.1 Å². The van der Waals surface area contributed by atoms with E-state index in [1.54, 1.807) is 11.2 Å². The molecule has 6 fully saturated rings. The van der Waals surface area contributed by atoms with Crippen LogP contribution in [0.15, 0.2) is 46.6 Å². The molecule has 11 heteroatoms. The van der Waals surface area contributed by atoms with E-state index >= 15 is 0 Å². The number of amides is 2. The number of alkyl carbamates (subject to hydrolysis) is 1. The number of furan rings is 1. The molecule has 0 radical (unpaired) electrons. The fourth-order valence-electron chi connectivity index (χ4n) is 9.63. The van der Waals surface area contributed by atoms with Gasteiger partial charge in [-0.1, -0.05) is 45.9 Å². The summed E-state index contributed by atoms with van der Waals surface area (Å²) in [5.74, 6) is 0.145. The van der Waals surface area contributed by atoms with Gasteiger partial charge in [-0.05, 0) is 106 Å². The number of rotatable bonds is 8. The van der Waals surface area contributed by atoms with E-state index in [1.165, 1.54) is 0 Å². The summed E-state index contributed by atoms with van der Waals surface area (Å²) in [5.41, 5.74) is 1.39. The second-order valence-electron chi connectivity index (χ2n) is 17.6. The van der Waals surface area contributed by atoms with E-state index in [0.29, 0.717) is 37.6 Å². The third-order valence-corrected chi connectivity index (χ3v) is 12.9. The van der Waals surface area contributed by atoms with E-state index in [0.717, 1.165) is 48.9 Å². The summed E-state index contributed by atoms with van der Waals surface area (Å²) in [6.07, 6.45) is 7.32. The van der Waals surface area contributed by atoms with Crippen LogP contribution in [0.2, 0.25) is 0 Å². The number of fused-ring (bicyclic) bond motifs is 1. The lowest BCUT2D eigenvalue weighted by molar-refractivity contribution is -0.199. The number of para-hydroxylation sites is 1. The van der Waals surface area contributed by atoms with Crippen molar-refractivity contribution in [2.24, 2.45) is 22.7 Å². The van der Waals surface area contributed by atoms with Gasteiger partial charge in [0.25, 0.3) is 5.91 Å². The maximum absolute atomic E-state index is 13.7. The van der Waals surface area contributed by atoms with E-state index in [-0.39, 0.29) is 35.0 Å². The number of piperidine rings is 1. The quantitative estimate of drug-likeness (QED) is 0.196. The molecular weight excluding hydrogens is 631 g/mol. The third-order valence-electron chi connectivity index (χ3n) is 12.9. The van der Waals surface area contributed by atoms with Crippen molar-refractivity contribution in [2.75, 3.05) is 26.2 Å². The minimum Gasteiger partial charge on any atom is -0.464 e. The van der Waals surface area contributed by atoms with Crippen molar-refractivity contribution >= 4 is 30.1 Å². The Morgan fingerprint density at radius 2 is 1.96 bits per heavy atom. The molecule has 2 amide bonds. The Hall–Kier alpha value is -3.33. The molecule has 1 aromatic heterocycles. The van der Waals surface area contributed by atoms with Gasteiger partial charge in [0, 0.05) is 24.0 Å². The molecule has 3 aliphatic carbocycles. The zero-order valence-electron chi connectivity index (χ0n) is 30.8. The van der Waals surface area contributed by atoms with Gasteiger partial charge in [-0.2, -0.15) is 5.26 Å². The molecule has 50 heavy (non-hydrogen) atoms. The normalized spacial score (nSPS) is 31.1. The first-order valence-electron chi connectivity index (χ1n) is 18.5. The van der Waals surface area contributed by atoms with Crippen molar-refractivity contribution in [3.05, 3.63) is 47.7 Å². The first-order valence-corrected chi connectivity index (χ1v) is 18.5. The fourth-order valence-corrected chi connectivity index (χ4v) is 9.63. The molecule has 3 saturated heterocycles.